The fourth-order valence-electron chi connectivity index (χ4n) is 2.28. The summed E-state index contributed by atoms with van der Waals surface area (Å²) in [7, 11) is 1.81. The molecule has 1 aromatic rings. The molecule has 0 aliphatic carbocycles. The van der Waals surface area contributed by atoms with E-state index in [1.807, 2.05) is 14.0 Å². The van der Waals surface area contributed by atoms with Crippen LogP contribution in [0.2, 0.25) is 0 Å². The molecule has 122 valence electrons. The highest BCUT2D eigenvalue weighted by atomic mass is 35.5. The van der Waals surface area contributed by atoms with Gasteiger partial charge in [-0.3, -0.25) is 9.59 Å². The third-order valence-electron chi connectivity index (χ3n) is 3.74. The average molecular weight is 330 g/mol. The van der Waals surface area contributed by atoms with Crippen LogP contribution in [0.3, 0.4) is 0 Å². The van der Waals surface area contributed by atoms with Crippen molar-refractivity contribution in [3.05, 3.63) is 30.1 Å². The number of likely N-dealkylation sites (N-methyl/N-ethyl adjacent to an activating group) is 1. The normalized spacial score (nSPS) is 18.8. The fraction of sp³-hybridized carbons (Fsp3) is 0.467. The van der Waals surface area contributed by atoms with Gasteiger partial charge >= 0.3 is 0 Å². The number of anilines is 1. The van der Waals surface area contributed by atoms with Gasteiger partial charge in [0.25, 0.3) is 0 Å². The fourth-order valence-corrected chi connectivity index (χ4v) is 2.28. The second-order valence-corrected chi connectivity index (χ2v) is 5.24. The zero-order chi connectivity index (χ0) is 15.4. The molecule has 0 saturated carbocycles. The molecule has 5 nitrogen and oxygen atoms in total. The smallest absolute Gasteiger partial charge is 0.239 e. The van der Waals surface area contributed by atoms with E-state index >= 15 is 0 Å². The van der Waals surface area contributed by atoms with E-state index in [-0.39, 0.29) is 36.1 Å². The molecular formula is C15H21ClFN3O2. The number of carbonyl (C=O) groups excluding carboxylic acids is 2. The molecule has 0 radical (unpaired) electrons. The van der Waals surface area contributed by atoms with Crippen molar-refractivity contribution < 1.29 is 14.0 Å². The monoisotopic (exact) mass is 329 g/mol. The van der Waals surface area contributed by atoms with Crippen molar-refractivity contribution in [2.24, 2.45) is 5.92 Å². The Bertz CT molecular complexity index is 524. The van der Waals surface area contributed by atoms with E-state index in [2.05, 4.69) is 10.6 Å². The summed E-state index contributed by atoms with van der Waals surface area (Å²) < 4.78 is 12.9. The Balaban J connectivity index is 0.00000242. The highest BCUT2D eigenvalue weighted by Gasteiger charge is 2.37. The number of amides is 2. The lowest BCUT2D eigenvalue weighted by molar-refractivity contribution is -0.132. The SMILES string of the molecule is CNC(C)CNC(=O)C1CCN(c2ccc(F)cc2)C1=O.Cl. The van der Waals surface area contributed by atoms with Crippen molar-refractivity contribution in [3.63, 3.8) is 0 Å². The number of hydrogen-bond acceptors (Lipinski definition) is 3. The highest BCUT2D eigenvalue weighted by molar-refractivity contribution is 6.09. The Morgan fingerprint density at radius 1 is 1.41 bits per heavy atom. The summed E-state index contributed by atoms with van der Waals surface area (Å²) in [5.41, 5.74) is 0.625. The average Bonchev–Trinajstić information content (AvgIpc) is 2.87. The van der Waals surface area contributed by atoms with Gasteiger partial charge in [-0.05, 0) is 44.7 Å². The standard InChI is InChI=1S/C15H20FN3O2.ClH/c1-10(17-2)9-18-14(20)13-7-8-19(15(13)21)12-5-3-11(16)4-6-12;/h3-6,10,13,17H,7-9H2,1-2H3,(H,18,20);1H. The number of carbonyl (C=O) groups is 2. The van der Waals surface area contributed by atoms with Crippen LogP contribution in [-0.4, -0.2) is 38.0 Å². The maximum absolute atomic E-state index is 12.9. The molecule has 2 N–H and O–H groups in total. The second kappa shape index (κ2) is 8.10. The minimum Gasteiger partial charge on any atom is -0.354 e. The Hall–Kier alpha value is -1.66. The zero-order valence-electron chi connectivity index (χ0n) is 12.6. The van der Waals surface area contributed by atoms with Crippen LogP contribution in [0.25, 0.3) is 0 Å². The Kier molecular flexibility index (Phi) is 6.77. The van der Waals surface area contributed by atoms with E-state index in [0.717, 1.165) is 0 Å². The first-order chi connectivity index (χ1) is 10.0. The van der Waals surface area contributed by atoms with Crippen molar-refractivity contribution in [2.45, 2.75) is 19.4 Å². The van der Waals surface area contributed by atoms with Gasteiger partial charge < -0.3 is 15.5 Å². The van der Waals surface area contributed by atoms with Crippen molar-refractivity contribution in [3.8, 4) is 0 Å². The summed E-state index contributed by atoms with van der Waals surface area (Å²) >= 11 is 0. The number of hydrogen-bond donors (Lipinski definition) is 2. The minimum absolute atomic E-state index is 0. The molecule has 1 aromatic carbocycles. The van der Waals surface area contributed by atoms with Gasteiger partial charge in [0.15, 0.2) is 0 Å². The first kappa shape index (κ1) is 18.4. The molecular weight excluding hydrogens is 309 g/mol. The number of nitrogens with one attached hydrogen (secondary N) is 2. The molecule has 22 heavy (non-hydrogen) atoms. The topological polar surface area (TPSA) is 61.4 Å². The van der Waals surface area contributed by atoms with Crippen LogP contribution in [0, 0.1) is 11.7 Å². The van der Waals surface area contributed by atoms with Crippen LogP contribution >= 0.6 is 12.4 Å². The van der Waals surface area contributed by atoms with Gasteiger partial charge in [0, 0.05) is 24.8 Å². The maximum Gasteiger partial charge on any atom is 0.239 e. The molecule has 2 amide bonds. The molecule has 0 spiro atoms. The zero-order valence-corrected chi connectivity index (χ0v) is 13.5. The first-order valence-corrected chi connectivity index (χ1v) is 7.05. The van der Waals surface area contributed by atoms with E-state index in [1.165, 1.54) is 17.0 Å². The lowest BCUT2D eigenvalue weighted by Crippen LogP contribution is -2.42. The lowest BCUT2D eigenvalue weighted by Gasteiger charge is -2.17. The molecule has 0 bridgehead atoms. The molecule has 2 rings (SSSR count). The van der Waals surface area contributed by atoms with Crippen LogP contribution in [0.1, 0.15) is 13.3 Å². The number of halogens is 2. The van der Waals surface area contributed by atoms with Gasteiger partial charge in [0.2, 0.25) is 11.8 Å². The summed E-state index contributed by atoms with van der Waals surface area (Å²) in [4.78, 5) is 25.9. The van der Waals surface area contributed by atoms with E-state index in [0.29, 0.717) is 25.2 Å². The maximum atomic E-state index is 12.9. The summed E-state index contributed by atoms with van der Waals surface area (Å²) in [5.74, 6) is -1.47. The van der Waals surface area contributed by atoms with Crippen LogP contribution < -0.4 is 15.5 Å². The summed E-state index contributed by atoms with van der Waals surface area (Å²) in [6.45, 7) is 2.90. The third kappa shape index (κ3) is 4.18. The second-order valence-electron chi connectivity index (χ2n) is 5.24. The number of benzene rings is 1. The first-order valence-electron chi connectivity index (χ1n) is 7.05. The van der Waals surface area contributed by atoms with Crippen molar-refractivity contribution in [2.75, 3.05) is 25.0 Å². The Labute approximate surface area is 135 Å². The number of nitrogens with zero attached hydrogens (tertiary/aromatic N) is 1. The van der Waals surface area contributed by atoms with E-state index in [4.69, 9.17) is 0 Å². The minimum atomic E-state index is -0.654. The van der Waals surface area contributed by atoms with Crippen LogP contribution in [0.15, 0.2) is 24.3 Å². The van der Waals surface area contributed by atoms with Gasteiger partial charge in [-0.1, -0.05) is 0 Å². The van der Waals surface area contributed by atoms with Crippen molar-refractivity contribution in [1.82, 2.24) is 10.6 Å². The molecule has 1 fully saturated rings. The van der Waals surface area contributed by atoms with Crippen LogP contribution in [0.4, 0.5) is 10.1 Å². The van der Waals surface area contributed by atoms with E-state index in [1.54, 1.807) is 12.1 Å². The van der Waals surface area contributed by atoms with E-state index in [9.17, 15) is 14.0 Å². The van der Waals surface area contributed by atoms with Crippen molar-refractivity contribution >= 4 is 29.9 Å². The van der Waals surface area contributed by atoms with Gasteiger partial charge in [0.05, 0.1) is 0 Å². The molecule has 1 aliphatic heterocycles. The molecule has 1 aliphatic rings. The van der Waals surface area contributed by atoms with Gasteiger partial charge in [-0.25, -0.2) is 4.39 Å². The summed E-state index contributed by atoms with van der Waals surface area (Å²) in [6.07, 6.45) is 0.482. The Morgan fingerprint density at radius 3 is 2.64 bits per heavy atom. The quantitative estimate of drug-likeness (QED) is 0.801. The molecule has 0 aromatic heterocycles. The van der Waals surface area contributed by atoms with E-state index < -0.39 is 5.92 Å². The van der Waals surface area contributed by atoms with Gasteiger partial charge in [-0.15, -0.1) is 12.4 Å². The molecule has 1 saturated heterocycles. The Morgan fingerprint density at radius 2 is 2.05 bits per heavy atom. The van der Waals surface area contributed by atoms with Crippen LogP contribution in [0.5, 0.6) is 0 Å². The van der Waals surface area contributed by atoms with Gasteiger partial charge in [0.1, 0.15) is 11.7 Å². The predicted octanol–water partition coefficient (Wildman–Crippen LogP) is 1.32. The molecule has 2 unspecified atom stereocenters. The molecule has 1 heterocycles. The predicted molar refractivity (Wildman–Crippen MR) is 85.6 cm³/mol. The van der Waals surface area contributed by atoms with Gasteiger partial charge in [-0.2, -0.15) is 0 Å². The highest BCUT2D eigenvalue weighted by Crippen LogP contribution is 2.25. The van der Waals surface area contributed by atoms with Crippen molar-refractivity contribution in [1.29, 1.82) is 0 Å². The summed E-state index contributed by atoms with van der Waals surface area (Å²) in [6, 6.07) is 5.88. The lowest BCUT2D eigenvalue weighted by atomic mass is 10.1. The number of rotatable bonds is 5. The third-order valence-corrected chi connectivity index (χ3v) is 3.74. The van der Waals surface area contributed by atoms with Crippen LogP contribution in [-0.2, 0) is 9.59 Å². The molecule has 7 heteroatoms. The molecule has 2 atom stereocenters. The summed E-state index contributed by atoms with van der Waals surface area (Å²) in [5, 5.41) is 5.79. The largest absolute Gasteiger partial charge is 0.354 e.